The Labute approximate surface area is 149 Å². The monoisotopic (exact) mass is 362 g/mol. The van der Waals surface area contributed by atoms with Crippen molar-refractivity contribution in [3.8, 4) is 0 Å². The van der Waals surface area contributed by atoms with Crippen LogP contribution in [0, 0.1) is 0 Å². The van der Waals surface area contributed by atoms with Gasteiger partial charge in [-0.1, -0.05) is 19.4 Å². The van der Waals surface area contributed by atoms with Crippen LogP contribution >= 0.6 is 0 Å². The number of nitrogens with zero attached hydrogens (tertiary/aromatic N) is 2. The molecule has 1 amide bonds. The molecule has 0 aliphatic rings. The maximum absolute atomic E-state index is 12.2. The lowest BCUT2D eigenvalue weighted by molar-refractivity contribution is -0.684. The zero-order chi connectivity index (χ0) is 18.4. The van der Waals surface area contributed by atoms with Crippen molar-refractivity contribution in [1.82, 2.24) is 4.31 Å². The highest BCUT2D eigenvalue weighted by Gasteiger charge is 2.18. The smallest absolute Gasteiger partial charge is 0.290 e. The Morgan fingerprint density at radius 1 is 1.16 bits per heavy atom. The Morgan fingerprint density at radius 3 is 2.44 bits per heavy atom. The van der Waals surface area contributed by atoms with Gasteiger partial charge < -0.3 is 5.32 Å². The first-order valence-electron chi connectivity index (χ1n) is 8.13. The van der Waals surface area contributed by atoms with Crippen LogP contribution in [0.15, 0.2) is 53.7 Å². The van der Waals surface area contributed by atoms with Gasteiger partial charge in [-0.25, -0.2) is 12.7 Å². The van der Waals surface area contributed by atoms with E-state index < -0.39 is 10.0 Å². The molecule has 7 heteroatoms. The molecule has 0 aliphatic carbocycles. The number of pyridine rings is 1. The van der Waals surface area contributed by atoms with E-state index in [0.717, 1.165) is 17.1 Å². The number of aryl methyl sites for hydroxylation is 1. The van der Waals surface area contributed by atoms with Crippen LogP contribution in [-0.4, -0.2) is 32.7 Å². The van der Waals surface area contributed by atoms with E-state index >= 15 is 0 Å². The van der Waals surface area contributed by atoms with Gasteiger partial charge in [0, 0.05) is 31.9 Å². The lowest BCUT2D eigenvalue weighted by atomic mass is 10.2. The lowest BCUT2D eigenvalue weighted by Gasteiger charge is -2.12. The molecular weight excluding hydrogens is 338 g/mol. The lowest BCUT2D eigenvalue weighted by Crippen LogP contribution is -2.39. The summed E-state index contributed by atoms with van der Waals surface area (Å²) in [4.78, 5) is 12.3. The van der Waals surface area contributed by atoms with Crippen LogP contribution in [-0.2, 0) is 27.8 Å². The topological polar surface area (TPSA) is 70.4 Å². The van der Waals surface area contributed by atoms with E-state index in [9.17, 15) is 13.2 Å². The van der Waals surface area contributed by atoms with Crippen molar-refractivity contribution in [2.45, 2.75) is 31.2 Å². The van der Waals surface area contributed by atoms with Crippen molar-refractivity contribution < 1.29 is 17.8 Å². The van der Waals surface area contributed by atoms with Gasteiger partial charge in [-0.05, 0) is 30.2 Å². The first-order valence-corrected chi connectivity index (χ1v) is 9.57. The number of sulfonamides is 1. The first kappa shape index (κ1) is 19.1. The molecule has 0 unspecified atom stereocenters. The van der Waals surface area contributed by atoms with E-state index in [-0.39, 0.29) is 17.3 Å². The SMILES string of the molecule is CCCc1cc[n+](CC(=O)Nc2cccc(S(=O)(=O)N(C)C)c2)cc1. The molecule has 1 N–H and O–H groups in total. The summed E-state index contributed by atoms with van der Waals surface area (Å²) in [6.45, 7) is 2.29. The molecule has 134 valence electrons. The number of benzene rings is 1. The minimum atomic E-state index is -3.53. The molecule has 0 aliphatic heterocycles. The number of carbonyl (C=O) groups is 1. The highest BCUT2D eigenvalue weighted by Crippen LogP contribution is 2.17. The van der Waals surface area contributed by atoms with Gasteiger partial charge >= 0.3 is 0 Å². The highest BCUT2D eigenvalue weighted by molar-refractivity contribution is 7.89. The number of hydrogen-bond donors (Lipinski definition) is 1. The highest BCUT2D eigenvalue weighted by atomic mass is 32.2. The summed E-state index contributed by atoms with van der Waals surface area (Å²) in [6, 6.07) is 10.2. The van der Waals surface area contributed by atoms with Gasteiger partial charge in [0.2, 0.25) is 16.6 Å². The van der Waals surface area contributed by atoms with Crippen molar-refractivity contribution in [2.24, 2.45) is 0 Å². The number of anilines is 1. The second kappa shape index (κ2) is 8.22. The normalized spacial score (nSPS) is 11.5. The molecule has 1 aromatic carbocycles. The molecule has 25 heavy (non-hydrogen) atoms. The third-order valence-electron chi connectivity index (χ3n) is 3.72. The predicted octanol–water partition coefficient (Wildman–Crippen LogP) is 1.82. The zero-order valence-electron chi connectivity index (χ0n) is 14.8. The van der Waals surface area contributed by atoms with Crippen molar-refractivity contribution >= 4 is 21.6 Å². The minimum Gasteiger partial charge on any atom is -0.321 e. The number of rotatable bonds is 7. The van der Waals surface area contributed by atoms with E-state index in [1.807, 2.05) is 24.5 Å². The maximum Gasteiger partial charge on any atom is 0.290 e. The van der Waals surface area contributed by atoms with Gasteiger partial charge in [0.15, 0.2) is 12.4 Å². The summed E-state index contributed by atoms with van der Waals surface area (Å²) in [5.74, 6) is -0.215. The summed E-state index contributed by atoms with van der Waals surface area (Å²) in [7, 11) is -0.584. The summed E-state index contributed by atoms with van der Waals surface area (Å²) in [5, 5.41) is 2.74. The average molecular weight is 362 g/mol. The van der Waals surface area contributed by atoms with Crippen LogP contribution in [0.1, 0.15) is 18.9 Å². The van der Waals surface area contributed by atoms with Crippen molar-refractivity contribution in [2.75, 3.05) is 19.4 Å². The van der Waals surface area contributed by atoms with Crippen molar-refractivity contribution in [1.29, 1.82) is 0 Å². The van der Waals surface area contributed by atoms with Crippen molar-refractivity contribution in [3.05, 3.63) is 54.4 Å². The molecule has 1 aromatic heterocycles. The van der Waals surface area contributed by atoms with E-state index in [2.05, 4.69) is 12.2 Å². The largest absolute Gasteiger partial charge is 0.321 e. The Hall–Kier alpha value is -2.25. The van der Waals surface area contributed by atoms with Crippen LogP contribution in [0.5, 0.6) is 0 Å². The fourth-order valence-electron chi connectivity index (χ4n) is 2.36. The molecule has 0 radical (unpaired) electrons. The third-order valence-corrected chi connectivity index (χ3v) is 5.53. The van der Waals surface area contributed by atoms with Gasteiger partial charge in [0.05, 0.1) is 4.90 Å². The summed E-state index contributed by atoms with van der Waals surface area (Å²) >= 11 is 0. The average Bonchev–Trinajstić information content (AvgIpc) is 2.57. The summed E-state index contributed by atoms with van der Waals surface area (Å²) in [6.07, 6.45) is 5.84. The molecule has 0 saturated carbocycles. The Morgan fingerprint density at radius 2 is 1.84 bits per heavy atom. The molecule has 0 fully saturated rings. The number of aromatic nitrogens is 1. The van der Waals surface area contributed by atoms with E-state index in [1.165, 1.54) is 31.8 Å². The predicted molar refractivity (Wildman–Crippen MR) is 96.6 cm³/mol. The van der Waals surface area contributed by atoms with Gasteiger partial charge in [0.1, 0.15) is 0 Å². The Bertz CT molecular complexity index is 831. The first-order chi connectivity index (χ1) is 11.8. The molecular formula is C18H24N3O3S+. The number of nitrogens with one attached hydrogen (secondary N) is 1. The van der Waals surface area contributed by atoms with Crippen LogP contribution < -0.4 is 9.88 Å². The number of hydrogen-bond acceptors (Lipinski definition) is 3. The van der Waals surface area contributed by atoms with Crippen LogP contribution in [0.3, 0.4) is 0 Å². The van der Waals surface area contributed by atoms with Crippen LogP contribution in [0.25, 0.3) is 0 Å². The minimum absolute atomic E-state index is 0.145. The van der Waals surface area contributed by atoms with E-state index in [4.69, 9.17) is 0 Å². The molecule has 2 aromatic rings. The maximum atomic E-state index is 12.2. The van der Waals surface area contributed by atoms with Gasteiger partial charge in [-0.15, -0.1) is 0 Å². The number of amides is 1. The fourth-order valence-corrected chi connectivity index (χ4v) is 3.31. The molecule has 1 heterocycles. The van der Waals surface area contributed by atoms with Crippen molar-refractivity contribution in [3.63, 3.8) is 0 Å². The zero-order valence-corrected chi connectivity index (χ0v) is 15.6. The van der Waals surface area contributed by atoms with Gasteiger partial charge in [-0.3, -0.25) is 4.79 Å². The van der Waals surface area contributed by atoms with Gasteiger partial charge in [-0.2, -0.15) is 4.57 Å². The second-order valence-corrected chi connectivity index (χ2v) is 8.14. The molecule has 0 atom stereocenters. The van der Waals surface area contributed by atoms with Gasteiger partial charge in [0.25, 0.3) is 5.91 Å². The quantitative estimate of drug-likeness (QED) is 0.764. The van der Waals surface area contributed by atoms with E-state index in [1.54, 1.807) is 16.7 Å². The number of carbonyl (C=O) groups excluding carboxylic acids is 1. The molecule has 2 rings (SSSR count). The van der Waals surface area contributed by atoms with E-state index in [0.29, 0.717) is 5.69 Å². The third kappa shape index (κ3) is 5.11. The van der Waals surface area contributed by atoms with Crippen LogP contribution in [0.4, 0.5) is 5.69 Å². The summed E-state index contributed by atoms with van der Waals surface area (Å²) < 4.78 is 27.2. The Kier molecular flexibility index (Phi) is 6.27. The van der Waals surface area contributed by atoms with Crippen LogP contribution in [0.2, 0.25) is 0 Å². The second-order valence-electron chi connectivity index (χ2n) is 5.99. The molecule has 6 nitrogen and oxygen atoms in total. The summed E-state index contributed by atoms with van der Waals surface area (Å²) in [5.41, 5.74) is 1.69. The molecule has 0 spiro atoms. The fraction of sp³-hybridized carbons (Fsp3) is 0.333. The Balaban J connectivity index is 2.05. The molecule has 0 bridgehead atoms. The molecule has 0 saturated heterocycles. The standard InChI is InChI=1S/C18H23N3O3S/c1-4-6-15-9-11-21(12-10-15)14-18(22)19-16-7-5-8-17(13-16)25(23,24)20(2)3/h5,7-13H,4,6,14H2,1-3H3/p+1.